The van der Waals surface area contributed by atoms with Crippen molar-refractivity contribution in [3.8, 4) is 0 Å². The number of nitrogens with one attached hydrogen (secondary N) is 1. The number of aromatic nitrogens is 5. The molecule has 29 heavy (non-hydrogen) atoms. The second-order valence-corrected chi connectivity index (χ2v) is 8.95. The van der Waals surface area contributed by atoms with Crippen molar-refractivity contribution >= 4 is 22.7 Å². The number of ether oxygens (including phenoxy) is 1. The average molecular weight is 399 g/mol. The molecule has 0 amide bonds. The Morgan fingerprint density at radius 3 is 2.69 bits per heavy atom. The SMILES string of the molecule is COCc1cnc2c(c1)c(Nc1cc([C@@H]3CC[C@H](O)C3)nn1C(C)(C)C)nn2C. The third kappa shape index (κ3) is 3.86. The van der Waals surface area contributed by atoms with E-state index in [9.17, 15) is 5.11 Å². The van der Waals surface area contributed by atoms with Crippen LogP contribution in [0.3, 0.4) is 0 Å². The standard InChI is InChI=1S/C21H30N6O2/c1-21(2,3)27-18(10-17(24-27)14-6-7-15(28)9-14)23-19-16-8-13(12-29-5)11-22-20(16)26(4)25-19/h8,10-11,14-15,28H,6-7,9,12H2,1-5H3,(H,23,25)/t14-,15+/m1/s1. The van der Waals surface area contributed by atoms with E-state index in [2.05, 4.69) is 48.3 Å². The van der Waals surface area contributed by atoms with Crippen molar-refractivity contribution in [2.75, 3.05) is 12.4 Å². The maximum absolute atomic E-state index is 9.94. The van der Waals surface area contributed by atoms with Gasteiger partial charge in [0.1, 0.15) is 5.82 Å². The van der Waals surface area contributed by atoms with Gasteiger partial charge < -0.3 is 15.2 Å². The van der Waals surface area contributed by atoms with Crippen LogP contribution >= 0.6 is 0 Å². The van der Waals surface area contributed by atoms with Crippen LogP contribution in [-0.4, -0.2) is 42.9 Å². The van der Waals surface area contributed by atoms with Crippen molar-refractivity contribution in [2.24, 2.45) is 7.05 Å². The van der Waals surface area contributed by atoms with Crippen molar-refractivity contribution in [3.05, 3.63) is 29.6 Å². The summed E-state index contributed by atoms with van der Waals surface area (Å²) in [5.74, 6) is 1.94. The lowest BCUT2D eigenvalue weighted by Crippen LogP contribution is -2.24. The Labute approximate surface area is 170 Å². The molecule has 3 aromatic heterocycles. The first-order valence-electron chi connectivity index (χ1n) is 10.1. The Morgan fingerprint density at radius 1 is 1.24 bits per heavy atom. The zero-order chi connectivity index (χ0) is 20.8. The van der Waals surface area contributed by atoms with Gasteiger partial charge in [0, 0.05) is 32.3 Å². The number of methoxy groups -OCH3 is 1. The van der Waals surface area contributed by atoms with Gasteiger partial charge in [-0.15, -0.1) is 0 Å². The molecule has 0 aromatic carbocycles. The zero-order valence-corrected chi connectivity index (χ0v) is 17.8. The summed E-state index contributed by atoms with van der Waals surface area (Å²) in [6.07, 6.45) is 4.19. The highest BCUT2D eigenvalue weighted by Crippen LogP contribution is 2.37. The molecule has 8 heteroatoms. The fraction of sp³-hybridized carbons (Fsp3) is 0.571. The van der Waals surface area contributed by atoms with Crippen LogP contribution in [0.1, 0.15) is 57.2 Å². The molecule has 1 aliphatic carbocycles. The third-order valence-corrected chi connectivity index (χ3v) is 5.48. The first kappa shape index (κ1) is 19.8. The predicted octanol–water partition coefficient (Wildman–Crippen LogP) is 3.44. The summed E-state index contributed by atoms with van der Waals surface area (Å²) in [6, 6.07) is 4.16. The fourth-order valence-electron chi connectivity index (χ4n) is 4.07. The summed E-state index contributed by atoms with van der Waals surface area (Å²) in [7, 11) is 3.57. The van der Waals surface area contributed by atoms with E-state index in [1.54, 1.807) is 11.8 Å². The highest BCUT2D eigenvalue weighted by molar-refractivity contribution is 5.89. The number of nitrogens with zero attached hydrogens (tertiary/aromatic N) is 5. The van der Waals surface area contributed by atoms with Crippen LogP contribution in [-0.2, 0) is 23.9 Å². The molecule has 1 saturated carbocycles. The van der Waals surface area contributed by atoms with E-state index in [0.29, 0.717) is 12.5 Å². The molecular formula is C21H30N6O2. The van der Waals surface area contributed by atoms with Crippen LogP contribution in [0.4, 0.5) is 11.6 Å². The van der Waals surface area contributed by atoms with Gasteiger partial charge in [0.2, 0.25) is 0 Å². The van der Waals surface area contributed by atoms with Crippen LogP contribution in [0.15, 0.2) is 18.3 Å². The van der Waals surface area contributed by atoms with Crippen LogP contribution in [0.25, 0.3) is 11.0 Å². The first-order valence-corrected chi connectivity index (χ1v) is 10.1. The molecule has 1 aliphatic rings. The number of hydrogen-bond acceptors (Lipinski definition) is 6. The van der Waals surface area contributed by atoms with Gasteiger partial charge in [0.05, 0.1) is 29.3 Å². The Bertz CT molecular complexity index is 1020. The van der Waals surface area contributed by atoms with Gasteiger partial charge >= 0.3 is 0 Å². The van der Waals surface area contributed by atoms with Crippen molar-refractivity contribution in [2.45, 2.75) is 64.2 Å². The van der Waals surface area contributed by atoms with Crippen LogP contribution in [0.2, 0.25) is 0 Å². The molecule has 2 atom stereocenters. The lowest BCUT2D eigenvalue weighted by Gasteiger charge is -2.22. The lowest BCUT2D eigenvalue weighted by molar-refractivity contribution is 0.181. The average Bonchev–Trinajstić information content (AvgIpc) is 3.34. The molecule has 3 heterocycles. The van der Waals surface area contributed by atoms with Crippen LogP contribution < -0.4 is 5.32 Å². The van der Waals surface area contributed by atoms with Crippen LogP contribution in [0, 0.1) is 0 Å². The minimum absolute atomic E-state index is 0.193. The van der Waals surface area contributed by atoms with E-state index < -0.39 is 0 Å². The maximum Gasteiger partial charge on any atom is 0.163 e. The molecule has 4 rings (SSSR count). The van der Waals surface area contributed by atoms with E-state index in [4.69, 9.17) is 9.84 Å². The highest BCUT2D eigenvalue weighted by atomic mass is 16.5. The summed E-state index contributed by atoms with van der Waals surface area (Å²) in [5, 5.41) is 23.9. The summed E-state index contributed by atoms with van der Waals surface area (Å²) in [5.41, 5.74) is 2.65. The van der Waals surface area contributed by atoms with Gasteiger partial charge in [-0.25, -0.2) is 14.3 Å². The normalized spacial score (nSPS) is 19.9. The monoisotopic (exact) mass is 398 g/mol. The van der Waals surface area contributed by atoms with E-state index in [1.807, 2.05) is 17.9 Å². The topological polar surface area (TPSA) is 90.0 Å². The lowest BCUT2D eigenvalue weighted by atomic mass is 10.0. The number of aryl methyl sites for hydroxylation is 1. The molecule has 156 valence electrons. The second kappa shape index (κ2) is 7.42. The summed E-state index contributed by atoms with van der Waals surface area (Å²) in [6.45, 7) is 6.90. The predicted molar refractivity (Wildman–Crippen MR) is 112 cm³/mol. The highest BCUT2D eigenvalue weighted by Gasteiger charge is 2.29. The smallest absolute Gasteiger partial charge is 0.163 e. The quantitative estimate of drug-likeness (QED) is 0.684. The summed E-state index contributed by atoms with van der Waals surface area (Å²) in [4.78, 5) is 4.54. The Kier molecular flexibility index (Phi) is 5.08. The molecule has 0 saturated heterocycles. The van der Waals surface area contributed by atoms with E-state index in [0.717, 1.165) is 53.2 Å². The van der Waals surface area contributed by atoms with Gasteiger partial charge in [-0.1, -0.05) is 0 Å². The molecule has 0 spiro atoms. The van der Waals surface area contributed by atoms with Gasteiger partial charge in [-0.2, -0.15) is 10.2 Å². The Hall–Kier alpha value is -2.45. The number of rotatable bonds is 5. The Balaban J connectivity index is 1.73. The number of anilines is 2. The molecule has 0 unspecified atom stereocenters. The van der Waals surface area contributed by atoms with Crippen molar-refractivity contribution < 1.29 is 9.84 Å². The molecular weight excluding hydrogens is 368 g/mol. The minimum Gasteiger partial charge on any atom is -0.393 e. The molecule has 1 fully saturated rings. The number of hydrogen-bond donors (Lipinski definition) is 2. The Morgan fingerprint density at radius 2 is 2.03 bits per heavy atom. The van der Waals surface area contributed by atoms with Crippen LogP contribution in [0.5, 0.6) is 0 Å². The zero-order valence-electron chi connectivity index (χ0n) is 17.8. The third-order valence-electron chi connectivity index (χ3n) is 5.48. The van der Waals surface area contributed by atoms with Crippen molar-refractivity contribution in [3.63, 3.8) is 0 Å². The van der Waals surface area contributed by atoms with E-state index in [-0.39, 0.29) is 11.6 Å². The number of pyridine rings is 1. The van der Waals surface area contributed by atoms with Gasteiger partial charge in [-0.3, -0.25) is 0 Å². The number of aliphatic hydroxyl groups excluding tert-OH is 1. The maximum atomic E-state index is 9.94. The second-order valence-electron chi connectivity index (χ2n) is 8.95. The van der Waals surface area contributed by atoms with Gasteiger partial charge in [0.15, 0.2) is 11.5 Å². The molecule has 0 aliphatic heterocycles. The number of fused-ring (bicyclic) bond motifs is 1. The van der Waals surface area contributed by atoms with Crippen molar-refractivity contribution in [1.29, 1.82) is 0 Å². The molecule has 3 aromatic rings. The fourth-order valence-corrected chi connectivity index (χ4v) is 4.07. The van der Waals surface area contributed by atoms with Crippen molar-refractivity contribution in [1.82, 2.24) is 24.5 Å². The summed E-state index contributed by atoms with van der Waals surface area (Å²) < 4.78 is 9.04. The first-order chi connectivity index (χ1) is 13.8. The molecule has 0 radical (unpaired) electrons. The minimum atomic E-state index is -0.221. The largest absolute Gasteiger partial charge is 0.393 e. The molecule has 0 bridgehead atoms. The van der Waals surface area contributed by atoms with Gasteiger partial charge in [0.25, 0.3) is 0 Å². The van der Waals surface area contributed by atoms with E-state index >= 15 is 0 Å². The summed E-state index contributed by atoms with van der Waals surface area (Å²) >= 11 is 0. The molecule has 8 nitrogen and oxygen atoms in total. The number of aliphatic hydroxyl groups is 1. The molecule has 2 N–H and O–H groups in total. The van der Waals surface area contributed by atoms with E-state index in [1.165, 1.54) is 0 Å². The van der Waals surface area contributed by atoms with Gasteiger partial charge in [-0.05, 0) is 51.7 Å².